The van der Waals surface area contributed by atoms with Gasteiger partial charge in [-0.25, -0.2) is 4.79 Å². The maximum Gasteiger partial charge on any atom is 0.330 e. The zero-order valence-corrected chi connectivity index (χ0v) is 10.4. The van der Waals surface area contributed by atoms with E-state index in [1.165, 1.54) is 4.57 Å². The van der Waals surface area contributed by atoms with Crippen LogP contribution in [-0.2, 0) is 4.79 Å². The lowest BCUT2D eigenvalue weighted by Crippen LogP contribution is -2.20. The van der Waals surface area contributed by atoms with Gasteiger partial charge in [-0.1, -0.05) is 0 Å². The van der Waals surface area contributed by atoms with Crippen molar-refractivity contribution in [1.82, 2.24) is 9.55 Å². The predicted octanol–water partition coefficient (Wildman–Crippen LogP) is 1.73. The molecule has 0 aliphatic carbocycles. The third kappa shape index (κ3) is 2.62. The first-order chi connectivity index (χ1) is 8.58. The summed E-state index contributed by atoms with van der Waals surface area (Å²) in [6, 6.07) is 6.91. The second-order valence-corrected chi connectivity index (χ2v) is 4.44. The van der Waals surface area contributed by atoms with Gasteiger partial charge >= 0.3 is 5.69 Å². The molecule has 0 fully saturated rings. The molecule has 2 aromatic rings. The van der Waals surface area contributed by atoms with Crippen LogP contribution in [0.5, 0.6) is 0 Å². The number of alkyl halides is 1. The minimum absolute atomic E-state index is 0.207. The number of hydrogen-bond acceptors (Lipinski definition) is 2. The Hall–Kier alpha value is -2.01. The van der Waals surface area contributed by atoms with E-state index in [2.05, 4.69) is 10.3 Å². The molecule has 0 saturated heterocycles. The van der Waals surface area contributed by atoms with Crippen molar-refractivity contribution < 1.29 is 4.79 Å². The lowest BCUT2D eigenvalue weighted by Gasteiger charge is -2.07. The number of nitrogens with one attached hydrogen (secondary N) is 2. The number of H-pyrrole nitrogens is 1. The van der Waals surface area contributed by atoms with Crippen molar-refractivity contribution in [3.8, 4) is 5.69 Å². The van der Waals surface area contributed by atoms with Crippen LogP contribution in [-0.4, -0.2) is 20.8 Å². The van der Waals surface area contributed by atoms with E-state index in [0.29, 0.717) is 5.69 Å². The molecular weight excluding hydrogens is 254 g/mol. The van der Waals surface area contributed by atoms with Crippen molar-refractivity contribution >= 4 is 23.2 Å². The van der Waals surface area contributed by atoms with Gasteiger partial charge in [0.05, 0.1) is 5.69 Å². The van der Waals surface area contributed by atoms with Crippen LogP contribution in [0.3, 0.4) is 0 Å². The molecule has 1 aromatic carbocycles. The van der Waals surface area contributed by atoms with E-state index < -0.39 is 5.38 Å². The number of nitrogens with zero attached hydrogens (tertiary/aromatic N) is 1. The Bertz CT molecular complexity index is 598. The summed E-state index contributed by atoms with van der Waals surface area (Å²) in [5.74, 6) is -0.261. The Balaban J connectivity index is 2.18. The number of carbonyl (C=O) groups is 1. The molecular formula is C12H12ClN3O2. The lowest BCUT2D eigenvalue weighted by atomic mass is 10.2. The van der Waals surface area contributed by atoms with Crippen LogP contribution in [0.25, 0.3) is 5.69 Å². The van der Waals surface area contributed by atoms with Gasteiger partial charge in [-0.05, 0) is 31.2 Å². The van der Waals surface area contributed by atoms with Gasteiger partial charge in [-0.3, -0.25) is 9.36 Å². The van der Waals surface area contributed by atoms with Crippen molar-refractivity contribution in [3.63, 3.8) is 0 Å². The highest BCUT2D eigenvalue weighted by Gasteiger charge is 2.09. The Labute approximate surface area is 108 Å². The lowest BCUT2D eigenvalue weighted by molar-refractivity contribution is -0.115. The highest BCUT2D eigenvalue weighted by Crippen LogP contribution is 2.12. The standard InChI is InChI=1S/C12H12ClN3O2/c1-8(13)11(17)15-9-2-4-10(5-3-9)16-7-6-14-12(16)18/h2-8H,1H3,(H,14,18)(H,15,17). The van der Waals surface area contributed by atoms with E-state index in [1.807, 2.05) is 0 Å². The summed E-state index contributed by atoms with van der Waals surface area (Å²) < 4.78 is 1.47. The number of rotatable bonds is 3. The monoisotopic (exact) mass is 265 g/mol. The summed E-state index contributed by atoms with van der Waals surface area (Å²) in [6.07, 6.45) is 3.20. The molecule has 2 N–H and O–H groups in total. The minimum atomic E-state index is -0.586. The number of aromatic amines is 1. The quantitative estimate of drug-likeness (QED) is 0.830. The van der Waals surface area contributed by atoms with E-state index in [-0.39, 0.29) is 11.6 Å². The summed E-state index contributed by atoms with van der Waals surface area (Å²) in [7, 11) is 0. The van der Waals surface area contributed by atoms with Crippen LogP contribution in [0.1, 0.15) is 6.92 Å². The zero-order chi connectivity index (χ0) is 13.1. The summed E-state index contributed by atoms with van der Waals surface area (Å²) in [4.78, 5) is 25.3. The van der Waals surface area contributed by atoms with Crippen molar-refractivity contribution in [2.45, 2.75) is 12.3 Å². The fraction of sp³-hybridized carbons (Fsp3) is 0.167. The second kappa shape index (κ2) is 5.10. The Morgan fingerprint density at radius 3 is 2.56 bits per heavy atom. The Morgan fingerprint density at radius 2 is 2.06 bits per heavy atom. The fourth-order valence-corrected chi connectivity index (χ4v) is 1.53. The predicted molar refractivity (Wildman–Crippen MR) is 70.3 cm³/mol. The van der Waals surface area contributed by atoms with Crippen LogP contribution in [0, 0.1) is 0 Å². The van der Waals surface area contributed by atoms with Gasteiger partial charge in [0.2, 0.25) is 5.91 Å². The summed E-state index contributed by atoms with van der Waals surface area (Å²) >= 11 is 5.65. The molecule has 0 aliphatic heterocycles. The minimum Gasteiger partial charge on any atom is -0.325 e. The number of carbonyl (C=O) groups excluding carboxylic acids is 1. The molecule has 0 radical (unpaired) electrons. The van der Waals surface area contributed by atoms with E-state index >= 15 is 0 Å². The highest BCUT2D eigenvalue weighted by atomic mass is 35.5. The first-order valence-electron chi connectivity index (χ1n) is 5.39. The number of benzene rings is 1. The van der Waals surface area contributed by atoms with Crippen molar-refractivity contribution in [3.05, 3.63) is 47.1 Å². The molecule has 1 unspecified atom stereocenters. The molecule has 1 atom stereocenters. The molecule has 94 valence electrons. The van der Waals surface area contributed by atoms with Crippen LogP contribution in [0.15, 0.2) is 41.5 Å². The molecule has 6 heteroatoms. The van der Waals surface area contributed by atoms with Crippen LogP contribution in [0.2, 0.25) is 0 Å². The van der Waals surface area contributed by atoms with E-state index in [0.717, 1.165) is 5.69 Å². The molecule has 5 nitrogen and oxygen atoms in total. The molecule has 1 aromatic heterocycles. The van der Waals surface area contributed by atoms with E-state index in [9.17, 15) is 9.59 Å². The van der Waals surface area contributed by atoms with Gasteiger partial charge in [-0.15, -0.1) is 11.6 Å². The molecule has 1 amide bonds. The van der Waals surface area contributed by atoms with Crippen molar-refractivity contribution in [1.29, 1.82) is 0 Å². The normalized spacial score (nSPS) is 12.1. The summed E-state index contributed by atoms with van der Waals surface area (Å²) in [5.41, 5.74) is 1.15. The van der Waals surface area contributed by atoms with Crippen LogP contribution in [0.4, 0.5) is 5.69 Å². The SMILES string of the molecule is CC(Cl)C(=O)Nc1ccc(-n2cc[nH]c2=O)cc1. The second-order valence-electron chi connectivity index (χ2n) is 3.79. The summed E-state index contributed by atoms with van der Waals surface area (Å²) in [6.45, 7) is 1.60. The molecule has 0 aliphatic rings. The van der Waals surface area contributed by atoms with Crippen LogP contribution < -0.4 is 11.0 Å². The molecule has 2 rings (SSSR count). The highest BCUT2D eigenvalue weighted by molar-refractivity contribution is 6.32. The number of imidazole rings is 1. The number of halogens is 1. The van der Waals surface area contributed by atoms with Gasteiger partial charge in [0.15, 0.2) is 0 Å². The molecule has 0 spiro atoms. The maximum atomic E-state index is 11.4. The van der Waals surface area contributed by atoms with Crippen LogP contribution >= 0.6 is 11.6 Å². The van der Waals surface area contributed by atoms with Crippen molar-refractivity contribution in [2.24, 2.45) is 0 Å². The zero-order valence-electron chi connectivity index (χ0n) is 9.68. The molecule has 18 heavy (non-hydrogen) atoms. The third-order valence-corrected chi connectivity index (χ3v) is 2.62. The average Bonchev–Trinajstić information content (AvgIpc) is 2.76. The van der Waals surface area contributed by atoms with E-state index in [1.54, 1.807) is 43.6 Å². The van der Waals surface area contributed by atoms with E-state index in [4.69, 9.17) is 11.6 Å². The van der Waals surface area contributed by atoms with Gasteiger partial charge in [0.1, 0.15) is 5.38 Å². The molecule has 0 bridgehead atoms. The topological polar surface area (TPSA) is 66.9 Å². The third-order valence-electron chi connectivity index (χ3n) is 2.42. The smallest absolute Gasteiger partial charge is 0.325 e. The average molecular weight is 266 g/mol. The number of hydrogen-bond donors (Lipinski definition) is 2. The first kappa shape index (κ1) is 12.4. The molecule has 0 saturated carbocycles. The number of amides is 1. The Kier molecular flexibility index (Phi) is 3.53. The molecule has 1 heterocycles. The van der Waals surface area contributed by atoms with Gasteiger partial charge in [0.25, 0.3) is 0 Å². The number of aromatic nitrogens is 2. The fourth-order valence-electron chi connectivity index (χ4n) is 1.47. The maximum absolute atomic E-state index is 11.4. The van der Waals surface area contributed by atoms with Crippen molar-refractivity contribution in [2.75, 3.05) is 5.32 Å². The van der Waals surface area contributed by atoms with Gasteiger partial charge in [-0.2, -0.15) is 0 Å². The van der Waals surface area contributed by atoms with Gasteiger partial charge < -0.3 is 10.3 Å². The largest absolute Gasteiger partial charge is 0.330 e. The number of anilines is 1. The van der Waals surface area contributed by atoms with Gasteiger partial charge in [0, 0.05) is 18.1 Å². The summed E-state index contributed by atoms with van der Waals surface area (Å²) in [5, 5.41) is 2.08. The Morgan fingerprint density at radius 1 is 1.39 bits per heavy atom. The first-order valence-corrected chi connectivity index (χ1v) is 5.83.